The van der Waals surface area contributed by atoms with Gasteiger partial charge in [-0.15, -0.1) is 0 Å². The summed E-state index contributed by atoms with van der Waals surface area (Å²) in [4.78, 5) is 12.9. The van der Waals surface area contributed by atoms with Crippen LogP contribution in [-0.2, 0) is 6.42 Å². The first kappa shape index (κ1) is 14.4. The Bertz CT molecular complexity index is 829. The van der Waals surface area contributed by atoms with Crippen LogP contribution in [0.1, 0.15) is 28.5 Å². The second kappa shape index (κ2) is 5.68. The number of ether oxygens (including phenoxy) is 1. The lowest BCUT2D eigenvalue weighted by molar-refractivity contribution is 0.0963. The van der Waals surface area contributed by atoms with E-state index in [1.165, 1.54) is 5.56 Å². The number of aryl methyl sites for hydroxylation is 1. The van der Waals surface area contributed by atoms with Crippen molar-refractivity contribution < 1.29 is 9.53 Å². The van der Waals surface area contributed by atoms with Crippen LogP contribution >= 0.6 is 0 Å². The predicted octanol–water partition coefficient (Wildman–Crippen LogP) is 4.21. The quantitative estimate of drug-likeness (QED) is 0.724. The molecule has 0 atom stereocenters. The van der Waals surface area contributed by atoms with Crippen molar-refractivity contribution in [2.24, 2.45) is 0 Å². The molecule has 0 saturated carbocycles. The number of fused-ring (bicyclic) bond motifs is 1. The second-order valence-corrected chi connectivity index (χ2v) is 5.30. The maximum absolute atomic E-state index is 12.9. The van der Waals surface area contributed by atoms with Gasteiger partial charge in [0.1, 0.15) is 5.75 Å². The Morgan fingerprint density at radius 3 is 2.41 bits per heavy atom. The molecule has 0 aliphatic heterocycles. The van der Waals surface area contributed by atoms with Crippen LogP contribution in [0.25, 0.3) is 10.9 Å². The summed E-state index contributed by atoms with van der Waals surface area (Å²) in [7, 11) is 1.62. The zero-order valence-electron chi connectivity index (χ0n) is 13.1. The van der Waals surface area contributed by atoms with E-state index in [0.29, 0.717) is 5.56 Å². The first-order valence-corrected chi connectivity index (χ1v) is 7.45. The number of carbonyl (C=O) groups is 1. The minimum absolute atomic E-state index is 0.00365. The second-order valence-electron chi connectivity index (χ2n) is 5.30. The van der Waals surface area contributed by atoms with Gasteiger partial charge in [0.2, 0.25) is 0 Å². The van der Waals surface area contributed by atoms with Crippen molar-refractivity contribution in [3.05, 3.63) is 65.4 Å². The van der Waals surface area contributed by atoms with E-state index in [4.69, 9.17) is 4.74 Å². The van der Waals surface area contributed by atoms with E-state index in [-0.39, 0.29) is 5.91 Å². The van der Waals surface area contributed by atoms with Crippen molar-refractivity contribution in [1.29, 1.82) is 0 Å². The SMILES string of the molecule is CCc1c(C)n(C(=O)c2ccc(OC)cc2)c2ccccc12. The van der Waals surface area contributed by atoms with Gasteiger partial charge < -0.3 is 4.74 Å². The summed E-state index contributed by atoms with van der Waals surface area (Å²) in [5.41, 5.74) is 3.88. The van der Waals surface area contributed by atoms with Crippen LogP contribution in [0.3, 0.4) is 0 Å². The largest absolute Gasteiger partial charge is 0.497 e. The number of benzene rings is 2. The molecule has 2 aromatic carbocycles. The standard InChI is InChI=1S/C19H19NO2/c1-4-16-13(2)20(18-8-6-5-7-17(16)18)19(21)14-9-11-15(22-3)12-10-14/h5-12H,4H2,1-3H3. The van der Waals surface area contributed by atoms with E-state index in [1.54, 1.807) is 19.2 Å². The van der Waals surface area contributed by atoms with Gasteiger partial charge in [-0.25, -0.2) is 0 Å². The molecule has 3 nitrogen and oxygen atoms in total. The topological polar surface area (TPSA) is 31.2 Å². The van der Waals surface area contributed by atoms with Gasteiger partial charge in [-0.2, -0.15) is 0 Å². The molecule has 0 aliphatic carbocycles. The number of hydrogen-bond donors (Lipinski definition) is 0. The summed E-state index contributed by atoms with van der Waals surface area (Å²) >= 11 is 0. The monoisotopic (exact) mass is 293 g/mol. The minimum Gasteiger partial charge on any atom is -0.497 e. The number of aromatic nitrogens is 1. The average molecular weight is 293 g/mol. The number of nitrogens with zero attached hydrogens (tertiary/aromatic N) is 1. The van der Waals surface area contributed by atoms with Crippen LogP contribution in [-0.4, -0.2) is 17.6 Å². The van der Waals surface area contributed by atoms with Crippen molar-refractivity contribution in [3.63, 3.8) is 0 Å². The Balaban J connectivity index is 2.16. The first-order valence-electron chi connectivity index (χ1n) is 7.45. The fourth-order valence-electron chi connectivity index (χ4n) is 3.01. The molecule has 0 unspecified atom stereocenters. The third-order valence-electron chi connectivity index (χ3n) is 4.14. The number of hydrogen-bond acceptors (Lipinski definition) is 2. The maximum atomic E-state index is 12.9. The van der Waals surface area contributed by atoms with Crippen molar-refractivity contribution in [1.82, 2.24) is 4.57 Å². The van der Waals surface area contributed by atoms with Crippen molar-refractivity contribution >= 4 is 16.8 Å². The molecule has 0 spiro atoms. The molecule has 0 saturated heterocycles. The number of carbonyl (C=O) groups excluding carboxylic acids is 1. The molecule has 1 heterocycles. The zero-order chi connectivity index (χ0) is 15.7. The minimum atomic E-state index is -0.00365. The molecule has 112 valence electrons. The van der Waals surface area contributed by atoms with Gasteiger partial charge in [0.15, 0.2) is 0 Å². The molecule has 0 radical (unpaired) electrons. The Morgan fingerprint density at radius 2 is 1.77 bits per heavy atom. The third kappa shape index (κ3) is 2.19. The summed E-state index contributed by atoms with van der Waals surface area (Å²) < 4.78 is 6.97. The van der Waals surface area contributed by atoms with E-state index in [1.807, 2.05) is 41.8 Å². The van der Waals surface area contributed by atoms with Crippen LogP contribution in [0.15, 0.2) is 48.5 Å². The summed E-state index contributed by atoms with van der Waals surface area (Å²) in [6, 6.07) is 15.3. The fraction of sp³-hybridized carbons (Fsp3) is 0.211. The predicted molar refractivity (Wildman–Crippen MR) is 88.8 cm³/mol. The Hall–Kier alpha value is -2.55. The normalized spacial score (nSPS) is 10.9. The van der Waals surface area contributed by atoms with Gasteiger partial charge in [0.05, 0.1) is 12.6 Å². The van der Waals surface area contributed by atoms with E-state index < -0.39 is 0 Å². The highest BCUT2D eigenvalue weighted by Crippen LogP contribution is 2.27. The van der Waals surface area contributed by atoms with Crippen molar-refractivity contribution in [3.8, 4) is 5.75 Å². The van der Waals surface area contributed by atoms with Crippen LogP contribution in [0.2, 0.25) is 0 Å². The van der Waals surface area contributed by atoms with Gasteiger partial charge in [-0.05, 0) is 49.2 Å². The molecule has 0 N–H and O–H groups in total. The highest BCUT2D eigenvalue weighted by Gasteiger charge is 2.18. The summed E-state index contributed by atoms with van der Waals surface area (Å²) in [5, 5.41) is 1.16. The molecule has 0 fully saturated rings. The third-order valence-corrected chi connectivity index (χ3v) is 4.14. The van der Waals surface area contributed by atoms with E-state index in [9.17, 15) is 4.79 Å². The summed E-state index contributed by atoms with van der Waals surface area (Å²) in [6.45, 7) is 4.14. The van der Waals surface area contributed by atoms with Crippen LogP contribution in [0.5, 0.6) is 5.75 Å². The molecule has 3 heteroatoms. The van der Waals surface area contributed by atoms with Gasteiger partial charge in [0.25, 0.3) is 5.91 Å². The molecular formula is C19H19NO2. The Kier molecular flexibility index (Phi) is 3.72. The first-order chi connectivity index (χ1) is 10.7. The molecule has 0 bridgehead atoms. The van der Waals surface area contributed by atoms with Crippen LogP contribution in [0.4, 0.5) is 0 Å². The lowest BCUT2D eigenvalue weighted by atomic mass is 10.1. The van der Waals surface area contributed by atoms with Gasteiger partial charge in [-0.1, -0.05) is 25.1 Å². The van der Waals surface area contributed by atoms with Crippen molar-refractivity contribution in [2.75, 3.05) is 7.11 Å². The Morgan fingerprint density at radius 1 is 1.09 bits per heavy atom. The smallest absolute Gasteiger partial charge is 0.262 e. The van der Waals surface area contributed by atoms with E-state index in [0.717, 1.165) is 28.8 Å². The molecule has 22 heavy (non-hydrogen) atoms. The highest BCUT2D eigenvalue weighted by atomic mass is 16.5. The molecule has 0 amide bonds. The molecule has 0 aliphatic rings. The molecule has 3 rings (SSSR count). The highest BCUT2D eigenvalue weighted by molar-refractivity contribution is 6.04. The van der Waals surface area contributed by atoms with E-state index in [2.05, 4.69) is 13.0 Å². The lowest BCUT2D eigenvalue weighted by Crippen LogP contribution is -2.13. The van der Waals surface area contributed by atoms with Gasteiger partial charge in [0, 0.05) is 16.6 Å². The maximum Gasteiger partial charge on any atom is 0.262 e. The average Bonchev–Trinajstić information content (AvgIpc) is 2.85. The van der Waals surface area contributed by atoms with Crippen LogP contribution in [0, 0.1) is 6.92 Å². The Labute approximate surface area is 130 Å². The van der Waals surface area contributed by atoms with Gasteiger partial charge in [-0.3, -0.25) is 9.36 Å². The number of methoxy groups -OCH3 is 1. The molecule has 3 aromatic rings. The van der Waals surface area contributed by atoms with Crippen molar-refractivity contribution in [2.45, 2.75) is 20.3 Å². The van der Waals surface area contributed by atoms with E-state index >= 15 is 0 Å². The fourth-order valence-corrected chi connectivity index (χ4v) is 3.01. The summed E-state index contributed by atoms with van der Waals surface area (Å²) in [6.07, 6.45) is 0.912. The lowest BCUT2D eigenvalue weighted by Gasteiger charge is -2.08. The number of para-hydroxylation sites is 1. The number of rotatable bonds is 3. The molecular weight excluding hydrogens is 274 g/mol. The molecule has 1 aromatic heterocycles. The van der Waals surface area contributed by atoms with Gasteiger partial charge >= 0.3 is 0 Å². The zero-order valence-corrected chi connectivity index (χ0v) is 13.1. The van der Waals surface area contributed by atoms with Crippen LogP contribution < -0.4 is 4.74 Å². The summed E-state index contributed by atoms with van der Waals surface area (Å²) in [5.74, 6) is 0.746.